The molecule has 0 aromatic heterocycles. The lowest BCUT2D eigenvalue weighted by Gasteiger charge is -2.34. The molecule has 1 heterocycles. The van der Waals surface area contributed by atoms with Crippen molar-refractivity contribution in [1.82, 2.24) is 5.32 Å². The lowest BCUT2D eigenvalue weighted by atomic mass is 9.83. The number of rotatable bonds is 1. The monoisotopic (exact) mass is 344 g/mol. The molecule has 0 radical (unpaired) electrons. The van der Waals surface area contributed by atoms with Gasteiger partial charge in [-0.05, 0) is 18.2 Å². The topological polar surface area (TPSA) is 102 Å². The van der Waals surface area contributed by atoms with E-state index >= 15 is 0 Å². The van der Waals surface area contributed by atoms with Crippen LogP contribution in [0.5, 0.6) is 5.75 Å². The van der Waals surface area contributed by atoms with Crippen molar-refractivity contribution in [3.63, 3.8) is 0 Å². The zero-order valence-corrected chi connectivity index (χ0v) is 13.3. The number of nitrogens with one attached hydrogen (secondary N) is 1. The largest absolute Gasteiger partial charge is 0.454 e. The smallest absolute Gasteiger partial charge is 0.271 e. The van der Waals surface area contributed by atoms with E-state index in [1.165, 1.54) is 13.0 Å². The Kier molecular flexibility index (Phi) is 2.81. The van der Waals surface area contributed by atoms with Crippen LogP contribution in [0.2, 0.25) is 5.02 Å². The van der Waals surface area contributed by atoms with Crippen LogP contribution in [0.4, 0.5) is 5.69 Å². The number of benzene rings is 2. The molecule has 0 spiro atoms. The van der Waals surface area contributed by atoms with Crippen molar-refractivity contribution in [3.05, 3.63) is 58.1 Å². The molecule has 4 rings (SSSR count). The normalized spacial score (nSPS) is 26.4. The summed E-state index contributed by atoms with van der Waals surface area (Å²) in [5, 5.41) is 14.3. The first-order chi connectivity index (χ1) is 11.3. The minimum Gasteiger partial charge on any atom is -0.454 e. The van der Waals surface area contributed by atoms with Gasteiger partial charge in [-0.1, -0.05) is 29.8 Å². The minimum atomic E-state index is -2.09. The molecule has 2 atom stereocenters. The van der Waals surface area contributed by atoms with E-state index in [4.69, 9.17) is 22.1 Å². The van der Waals surface area contributed by atoms with Gasteiger partial charge in [0.05, 0.1) is 5.56 Å². The summed E-state index contributed by atoms with van der Waals surface area (Å²) in [4.78, 5) is 25.1. The Morgan fingerprint density at radius 3 is 2.75 bits per heavy atom. The number of amides is 1. The maximum absolute atomic E-state index is 13.2. The molecule has 2 aliphatic rings. The van der Waals surface area contributed by atoms with Crippen molar-refractivity contribution < 1.29 is 19.4 Å². The Bertz CT molecular complexity index is 929. The van der Waals surface area contributed by atoms with E-state index in [9.17, 15) is 14.7 Å². The summed E-state index contributed by atoms with van der Waals surface area (Å²) >= 11 is 5.98. The lowest BCUT2D eigenvalue weighted by Crippen LogP contribution is -2.59. The highest BCUT2D eigenvalue weighted by atomic mass is 35.5. The maximum Gasteiger partial charge on any atom is 0.271 e. The Morgan fingerprint density at radius 2 is 2.04 bits per heavy atom. The number of carbonyl (C=O) groups excluding carboxylic acids is 2. The lowest BCUT2D eigenvalue weighted by molar-refractivity contribution is -0.175. The fraction of sp³-hybridized carbons (Fsp3) is 0.176. The predicted octanol–water partition coefficient (Wildman–Crippen LogP) is 1.69. The first-order valence-corrected chi connectivity index (χ1v) is 7.63. The van der Waals surface area contributed by atoms with Gasteiger partial charge < -0.3 is 20.9 Å². The summed E-state index contributed by atoms with van der Waals surface area (Å²) in [5.74, 6) is -2.86. The predicted molar refractivity (Wildman–Crippen MR) is 86.7 cm³/mol. The molecule has 122 valence electrons. The van der Waals surface area contributed by atoms with Crippen LogP contribution in [0.3, 0.4) is 0 Å². The standard InChI is InChI=1S/C17H13ClN2O4/c1-8(21)20-16-10-6-5-9(18)7-13(10)24-17(16,23)11-3-2-4-12(19)14(11)15(16)22/h2-7,23H,19H2,1H3,(H,20,21). The van der Waals surface area contributed by atoms with E-state index in [0.717, 1.165) is 0 Å². The molecule has 24 heavy (non-hydrogen) atoms. The molecular weight excluding hydrogens is 332 g/mol. The molecule has 0 saturated carbocycles. The van der Waals surface area contributed by atoms with E-state index in [2.05, 4.69) is 5.32 Å². The number of ether oxygens (including phenoxy) is 1. The maximum atomic E-state index is 13.2. The number of halogens is 1. The van der Waals surface area contributed by atoms with Gasteiger partial charge in [0.15, 0.2) is 0 Å². The summed E-state index contributed by atoms with van der Waals surface area (Å²) in [6.07, 6.45) is 0. The van der Waals surface area contributed by atoms with E-state index in [0.29, 0.717) is 10.6 Å². The van der Waals surface area contributed by atoms with E-state index < -0.39 is 23.0 Å². The molecule has 0 bridgehead atoms. The van der Waals surface area contributed by atoms with E-state index in [-0.39, 0.29) is 22.6 Å². The number of hydrogen-bond acceptors (Lipinski definition) is 5. The molecule has 0 saturated heterocycles. The number of aliphatic hydroxyl groups is 1. The summed E-state index contributed by atoms with van der Waals surface area (Å²) in [5.41, 5.74) is 5.06. The van der Waals surface area contributed by atoms with Gasteiger partial charge in [-0.3, -0.25) is 9.59 Å². The van der Waals surface area contributed by atoms with E-state index in [1.807, 2.05) is 0 Å². The van der Waals surface area contributed by atoms with Gasteiger partial charge in [-0.15, -0.1) is 0 Å². The first kappa shape index (κ1) is 15.0. The quantitative estimate of drug-likeness (QED) is 0.683. The Labute approximate surface area is 142 Å². The Hall–Kier alpha value is -2.57. The van der Waals surface area contributed by atoms with Crippen LogP contribution in [0.1, 0.15) is 28.4 Å². The molecule has 7 heteroatoms. The van der Waals surface area contributed by atoms with Crippen LogP contribution in [0.25, 0.3) is 0 Å². The van der Waals surface area contributed by atoms with Gasteiger partial charge in [0.25, 0.3) is 5.79 Å². The number of Topliss-reactive ketones (excluding diaryl/α,β-unsaturated/α-hetero) is 1. The number of carbonyl (C=O) groups is 2. The van der Waals surface area contributed by atoms with Crippen LogP contribution >= 0.6 is 11.6 Å². The summed E-state index contributed by atoms with van der Waals surface area (Å²) in [6.45, 7) is 1.27. The molecule has 2 unspecified atom stereocenters. The minimum absolute atomic E-state index is 0.148. The number of nitrogen functional groups attached to an aromatic ring is 1. The Morgan fingerprint density at radius 1 is 1.29 bits per heavy atom. The summed E-state index contributed by atoms with van der Waals surface area (Å²) in [6, 6.07) is 9.36. The molecule has 2 aromatic carbocycles. The molecule has 4 N–H and O–H groups in total. The second kappa shape index (κ2) is 4.49. The second-order valence-corrected chi connectivity index (χ2v) is 6.35. The molecular formula is C17H13ClN2O4. The van der Waals surface area contributed by atoms with Gasteiger partial charge in [-0.25, -0.2) is 0 Å². The van der Waals surface area contributed by atoms with Gasteiger partial charge in [0.2, 0.25) is 17.2 Å². The fourth-order valence-electron chi connectivity index (χ4n) is 3.61. The third kappa shape index (κ3) is 1.54. The van der Waals surface area contributed by atoms with Crippen LogP contribution < -0.4 is 15.8 Å². The number of hydrogen-bond donors (Lipinski definition) is 3. The highest BCUT2D eigenvalue weighted by molar-refractivity contribution is 6.30. The average Bonchev–Trinajstić information content (AvgIpc) is 2.84. The van der Waals surface area contributed by atoms with Crippen LogP contribution in [0, 0.1) is 0 Å². The third-order valence-electron chi connectivity index (χ3n) is 4.51. The summed E-state index contributed by atoms with van der Waals surface area (Å²) in [7, 11) is 0. The zero-order chi connectivity index (χ0) is 17.3. The fourth-order valence-corrected chi connectivity index (χ4v) is 3.77. The molecule has 1 aliphatic carbocycles. The molecule has 0 fully saturated rings. The third-order valence-corrected chi connectivity index (χ3v) is 4.74. The van der Waals surface area contributed by atoms with E-state index in [1.54, 1.807) is 30.3 Å². The number of fused-ring (bicyclic) bond motifs is 5. The number of anilines is 1. The SMILES string of the molecule is CC(=O)NC12C(=O)c3c(N)cccc3C1(O)Oc1cc(Cl)ccc12. The number of nitrogens with two attached hydrogens (primary N) is 1. The van der Waals surface area contributed by atoms with Crippen molar-refractivity contribution in [2.24, 2.45) is 0 Å². The van der Waals surface area contributed by atoms with Crippen molar-refractivity contribution in [2.45, 2.75) is 18.2 Å². The first-order valence-electron chi connectivity index (χ1n) is 7.25. The van der Waals surface area contributed by atoms with Crippen LogP contribution in [-0.2, 0) is 16.1 Å². The van der Waals surface area contributed by atoms with Crippen molar-refractivity contribution in [1.29, 1.82) is 0 Å². The Balaban J connectivity index is 2.08. The van der Waals surface area contributed by atoms with Gasteiger partial charge in [0.1, 0.15) is 5.75 Å². The molecule has 2 aromatic rings. The van der Waals surface area contributed by atoms with Crippen LogP contribution in [0.15, 0.2) is 36.4 Å². The molecule has 1 amide bonds. The van der Waals surface area contributed by atoms with Gasteiger partial charge in [0, 0.05) is 28.8 Å². The highest BCUT2D eigenvalue weighted by Gasteiger charge is 2.71. The van der Waals surface area contributed by atoms with Crippen molar-refractivity contribution >= 4 is 29.0 Å². The van der Waals surface area contributed by atoms with Crippen molar-refractivity contribution in [2.75, 3.05) is 5.73 Å². The number of ketones is 1. The average molecular weight is 345 g/mol. The van der Waals surface area contributed by atoms with Crippen molar-refractivity contribution in [3.8, 4) is 5.75 Å². The summed E-state index contributed by atoms with van der Waals surface area (Å²) < 4.78 is 5.74. The molecule has 1 aliphatic heterocycles. The highest BCUT2D eigenvalue weighted by Crippen LogP contribution is 2.59. The zero-order valence-electron chi connectivity index (χ0n) is 12.6. The van der Waals surface area contributed by atoms with Gasteiger partial charge >= 0.3 is 0 Å². The second-order valence-electron chi connectivity index (χ2n) is 5.92. The molecule has 6 nitrogen and oxygen atoms in total. The van der Waals surface area contributed by atoms with Crippen LogP contribution in [-0.4, -0.2) is 16.8 Å². The van der Waals surface area contributed by atoms with Gasteiger partial charge in [-0.2, -0.15) is 0 Å².